The SMILES string of the molecule is CC(C)N1[C@@H](Cn2cncn2)C[C@H]2CN(Cc3cccs3)CC[C@H]21. The molecule has 2 aromatic rings. The molecule has 0 aromatic carbocycles. The van der Waals surface area contributed by atoms with Gasteiger partial charge in [-0.15, -0.1) is 11.3 Å². The van der Waals surface area contributed by atoms with E-state index in [1.54, 1.807) is 6.33 Å². The highest BCUT2D eigenvalue weighted by atomic mass is 32.1. The number of fused-ring (bicyclic) bond motifs is 1. The smallest absolute Gasteiger partial charge is 0.137 e. The molecule has 2 aliphatic rings. The molecule has 0 unspecified atom stereocenters. The normalized spacial score (nSPS) is 28.5. The summed E-state index contributed by atoms with van der Waals surface area (Å²) in [6.07, 6.45) is 6.07. The molecule has 6 heteroatoms. The van der Waals surface area contributed by atoms with Crippen molar-refractivity contribution < 1.29 is 0 Å². The van der Waals surface area contributed by atoms with E-state index in [1.165, 1.54) is 30.8 Å². The lowest BCUT2D eigenvalue weighted by molar-refractivity contribution is 0.0722. The van der Waals surface area contributed by atoms with Crippen LogP contribution in [0.4, 0.5) is 0 Å². The molecule has 0 N–H and O–H groups in total. The third kappa shape index (κ3) is 3.27. The molecule has 0 radical (unpaired) electrons. The Morgan fingerprint density at radius 1 is 1.38 bits per heavy atom. The van der Waals surface area contributed by atoms with Gasteiger partial charge in [-0.05, 0) is 44.1 Å². The first-order valence-electron chi connectivity index (χ1n) is 9.05. The van der Waals surface area contributed by atoms with E-state index in [2.05, 4.69) is 51.2 Å². The first-order valence-corrected chi connectivity index (χ1v) is 9.93. The Morgan fingerprint density at radius 3 is 3.00 bits per heavy atom. The van der Waals surface area contributed by atoms with Gasteiger partial charge in [0.2, 0.25) is 0 Å². The number of rotatable bonds is 5. The average molecular weight is 346 g/mol. The summed E-state index contributed by atoms with van der Waals surface area (Å²) in [5, 5.41) is 6.51. The molecular weight excluding hydrogens is 318 g/mol. The molecule has 2 aliphatic heterocycles. The van der Waals surface area contributed by atoms with Gasteiger partial charge in [-0.25, -0.2) is 4.98 Å². The Hall–Kier alpha value is -1.24. The predicted octanol–water partition coefficient (Wildman–Crippen LogP) is 2.71. The largest absolute Gasteiger partial charge is 0.298 e. The van der Waals surface area contributed by atoms with Gasteiger partial charge >= 0.3 is 0 Å². The molecule has 2 aromatic heterocycles. The van der Waals surface area contributed by atoms with Crippen molar-refractivity contribution in [2.75, 3.05) is 13.1 Å². The van der Waals surface area contributed by atoms with Gasteiger partial charge in [-0.3, -0.25) is 14.5 Å². The van der Waals surface area contributed by atoms with Gasteiger partial charge in [0, 0.05) is 42.6 Å². The second-order valence-electron chi connectivity index (χ2n) is 7.48. The predicted molar refractivity (Wildman–Crippen MR) is 96.9 cm³/mol. The zero-order valence-electron chi connectivity index (χ0n) is 14.6. The summed E-state index contributed by atoms with van der Waals surface area (Å²) < 4.78 is 2.00. The van der Waals surface area contributed by atoms with Crippen LogP contribution < -0.4 is 0 Å². The number of aromatic nitrogens is 3. The van der Waals surface area contributed by atoms with Crippen molar-refractivity contribution in [3.05, 3.63) is 35.0 Å². The molecule has 3 atom stereocenters. The third-order valence-corrected chi connectivity index (χ3v) is 6.44. The fraction of sp³-hybridized carbons (Fsp3) is 0.667. The van der Waals surface area contributed by atoms with Crippen LogP contribution in [0.3, 0.4) is 0 Å². The zero-order chi connectivity index (χ0) is 16.5. The summed E-state index contributed by atoms with van der Waals surface area (Å²) in [7, 11) is 0. The van der Waals surface area contributed by atoms with Crippen molar-refractivity contribution in [1.82, 2.24) is 24.6 Å². The Balaban J connectivity index is 1.44. The summed E-state index contributed by atoms with van der Waals surface area (Å²) in [5.74, 6) is 0.787. The minimum Gasteiger partial charge on any atom is -0.298 e. The van der Waals surface area contributed by atoms with Crippen molar-refractivity contribution >= 4 is 11.3 Å². The van der Waals surface area contributed by atoms with Crippen molar-refractivity contribution in [3.8, 4) is 0 Å². The minimum absolute atomic E-state index is 0.586. The van der Waals surface area contributed by atoms with Gasteiger partial charge in [-0.1, -0.05) is 6.07 Å². The first-order chi connectivity index (χ1) is 11.7. The van der Waals surface area contributed by atoms with Crippen LogP contribution in [0.25, 0.3) is 0 Å². The van der Waals surface area contributed by atoms with Crippen LogP contribution in [0, 0.1) is 5.92 Å². The molecule has 24 heavy (non-hydrogen) atoms. The second kappa shape index (κ2) is 6.94. The number of thiophene rings is 1. The van der Waals surface area contributed by atoms with Crippen LogP contribution in [0.2, 0.25) is 0 Å². The maximum atomic E-state index is 4.33. The van der Waals surface area contributed by atoms with Crippen LogP contribution in [-0.2, 0) is 13.1 Å². The molecular formula is C18H27N5S. The fourth-order valence-corrected chi connectivity index (χ4v) is 5.49. The number of hydrogen-bond donors (Lipinski definition) is 0. The van der Waals surface area contributed by atoms with E-state index >= 15 is 0 Å². The van der Waals surface area contributed by atoms with Crippen molar-refractivity contribution in [2.45, 2.75) is 57.9 Å². The minimum atomic E-state index is 0.586. The highest BCUT2D eigenvalue weighted by molar-refractivity contribution is 7.09. The monoisotopic (exact) mass is 345 g/mol. The molecule has 0 bridgehead atoms. The Bertz CT molecular complexity index is 624. The van der Waals surface area contributed by atoms with E-state index < -0.39 is 0 Å². The topological polar surface area (TPSA) is 37.2 Å². The third-order valence-electron chi connectivity index (χ3n) is 5.58. The number of likely N-dealkylation sites (tertiary alicyclic amines) is 2. The molecule has 0 aliphatic carbocycles. The number of hydrogen-bond acceptors (Lipinski definition) is 5. The number of piperidine rings is 1. The van der Waals surface area contributed by atoms with Crippen molar-refractivity contribution in [3.63, 3.8) is 0 Å². The maximum Gasteiger partial charge on any atom is 0.137 e. The quantitative estimate of drug-likeness (QED) is 0.835. The zero-order valence-corrected chi connectivity index (χ0v) is 15.4. The van der Waals surface area contributed by atoms with Gasteiger partial charge < -0.3 is 0 Å². The number of nitrogens with zero attached hydrogens (tertiary/aromatic N) is 5. The van der Waals surface area contributed by atoms with E-state index in [-0.39, 0.29) is 0 Å². The standard InChI is InChI=1S/C18H27N5S/c1-14(2)23-16(10-22-13-19-12-20-22)8-15-9-21(6-5-18(15)23)11-17-4-3-7-24-17/h3-4,7,12-16,18H,5-6,8-11H2,1-2H3/t15-,16+,18+/m0/s1. The van der Waals surface area contributed by atoms with E-state index in [0.717, 1.165) is 25.0 Å². The second-order valence-corrected chi connectivity index (χ2v) is 8.51. The Labute approximate surface area is 148 Å². The molecule has 2 fully saturated rings. The molecule has 2 saturated heterocycles. The summed E-state index contributed by atoms with van der Waals surface area (Å²) in [5.41, 5.74) is 0. The lowest BCUT2D eigenvalue weighted by atomic mass is 9.92. The molecule has 4 rings (SSSR count). The summed E-state index contributed by atoms with van der Waals surface area (Å²) in [4.78, 5) is 11.0. The molecule has 0 spiro atoms. The van der Waals surface area contributed by atoms with E-state index in [9.17, 15) is 0 Å². The van der Waals surface area contributed by atoms with Gasteiger partial charge in [-0.2, -0.15) is 5.10 Å². The van der Waals surface area contributed by atoms with Crippen LogP contribution >= 0.6 is 11.3 Å². The van der Waals surface area contributed by atoms with E-state index in [4.69, 9.17) is 0 Å². The lowest BCUT2D eigenvalue weighted by Gasteiger charge is -2.40. The molecule has 4 heterocycles. The molecule has 5 nitrogen and oxygen atoms in total. The lowest BCUT2D eigenvalue weighted by Crippen LogP contribution is -2.49. The summed E-state index contributed by atoms with van der Waals surface area (Å²) >= 11 is 1.88. The fourth-order valence-electron chi connectivity index (χ4n) is 4.74. The van der Waals surface area contributed by atoms with Crippen LogP contribution in [-0.4, -0.2) is 55.8 Å². The first kappa shape index (κ1) is 16.2. The van der Waals surface area contributed by atoms with Crippen molar-refractivity contribution in [1.29, 1.82) is 0 Å². The Kier molecular flexibility index (Phi) is 4.70. The maximum absolute atomic E-state index is 4.33. The summed E-state index contributed by atoms with van der Waals surface area (Å²) in [6.45, 7) is 9.23. The molecule has 130 valence electrons. The van der Waals surface area contributed by atoms with E-state index in [1.807, 2.05) is 22.3 Å². The molecule has 0 saturated carbocycles. The highest BCUT2D eigenvalue weighted by Gasteiger charge is 2.44. The van der Waals surface area contributed by atoms with Gasteiger partial charge in [0.25, 0.3) is 0 Å². The van der Waals surface area contributed by atoms with Gasteiger partial charge in [0.05, 0.1) is 6.54 Å². The van der Waals surface area contributed by atoms with Crippen LogP contribution in [0.5, 0.6) is 0 Å². The average Bonchev–Trinajstić information content (AvgIpc) is 3.27. The molecule has 0 amide bonds. The van der Waals surface area contributed by atoms with Crippen LogP contribution in [0.1, 0.15) is 31.6 Å². The van der Waals surface area contributed by atoms with Crippen LogP contribution in [0.15, 0.2) is 30.2 Å². The van der Waals surface area contributed by atoms with E-state index in [0.29, 0.717) is 12.1 Å². The van der Waals surface area contributed by atoms with Gasteiger partial charge in [0.1, 0.15) is 12.7 Å². The summed E-state index contributed by atoms with van der Waals surface area (Å²) in [6, 6.07) is 6.34. The Morgan fingerprint density at radius 2 is 2.29 bits per heavy atom. The highest BCUT2D eigenvalue weighted by Crippen LogP contribution is 2.38. The van der Waals surface area contributed by atoms with Crippen molar-refractivity contribution in [2.24, 2.45) is 5.92 Å². The van der Waals surface area contributed by atoms with Gasteiger partial charge in [0.15, 0.2) is 0 Å².